The minimum Gasteiger partial charge on any atom is -0.465 e. The van der Waals surface area contributed by atoms with Crippen molar-refractivity contribution in [2.24, 2.45) is 0 Å². The molecule has 0 spiro atoms. The van der Waals surface area contributed by atoms with Gasteiger partial charge < -0.3 is 15.0 Å². The van der Waals surface area contributed by atoms with Gasteiger partial charge in [-0.05, 0) is 60.7 Å². The van der Waals surface area contributed by atoms with Crippen molar-refractivity contribution in [1.82, 2.24) is 10.3 Å². The maximum Gasteiger partial charge on any atom is 0.337 e. The number of carbonyl (C=O) groups is 1. The lowest BCUT2D eigenvalue weighted by Gasteiger charge is -2.24. The molecular weight excluding hydrogens is 392 g/mol. The van der Waals surface area contributed by atoms with Gasteiger partial charge in [-0.15, -0.1) is 0 Å². The highest BCUT2D eigenvalue weighted by molar-refractivity contribution is 9.10. The first kappa shape index (κ1) is 17.3. The molecule has 0 aliphatic heterocycles. The number of carbonyl (C=O) groups excluding carboxylic acids is 1. The number of benzene rings is 2. The molecule has 4 nitrogen and oxygen atoms in total. The van der Waals surface area contributed by atoms with E-state index in [0.29, 0.717) is 18.2 Å². The van der Waals surface area contributed by atoms with E-state index in [2.05, 4.69) is 44.4 Å². The summed E-state index contributed by atoms with van der Waals surface area (Å²) in [4.78, 5) is 15.3. The molecule has 2 aromatic carbocycles. The number of methoxy groups -OCH3 is 1. The van der Waals surface area contributed by atoms with Crippen molar-refractivity contribution in [3.63, 3.8) is 0 Å². The Kier molecular flexibility index (Phi) is 4.83. The molecule has 1 unspecified atom stereocenters. The molecule has 0 saturated heterocycles. The van der Waals surface area contributed by atoms with E-state index in [4.69, 9.17) is 4.74 Å². The van der Waals surface area contributed by atoms with Gasteiger partial charge in [0.1, 0.15) is 0 Å². The van der Waals surface area contributed by atoms with Crippen LogP contribution in [0, 0.1) is 0 Å². The Morgan fingerprint density at radius 2 is 2.19 bits per heavy atom. The molecule has 1 heterocycles. The summed E-state index contributed by atoms with van der Waals surface area (Å²) < 4.78 is 5.92. The fraction of sp³-hybridized carbons (Fsp3) is 0.286. The van der Waals surface area contributed by atoms with Crippen molar-refractivity contribution < 1.29 is 9.53 Å². The predicted molar refractivity (Wildman–Crippen MR) is 106 cm³/mol. The summed E-state index contributed by atoms with van der Waals surface area (Å²) in [6.45, 7) is 0.716. The van der Waals surface area contributed by atoms with E-state index in [1.54, 1.807) is 6.07 Å². The van der Waals surface area contributed by atoms with Gasteiger partial charge in [0.15, 0.2) is 0 Å². The van der Waals surface area contributed by atoms with E-state index in [1.165, 1.54) is 35.7 Å². The van der Waals surface area contributed by atoms with Crippen molar-refractivity contribution in [2.45, 2.75) is 31.8 Å². The average molecular weight is 413 g/mol. The van der Waals surface area contributed by atoms with E-state index in [-0.39, 0.29) is 5.97 Å². The van der Waals surface area contributed by atoms with Crippen molar-refractivity contribution in [1.29, 1.82) is 0 Å². The lowest BCUT2D eigenvalue weighted by Crippen LogP contribution is -2.25. The third-order valence-corrected chi connectivity index (χ3v) is 5.56. The van der Waals surface area contributed by atoms with Crippen molar-refractivity contribution in [3.05, 3.63) is 69.3 Å². The van der Waals surface area contributed by atoms with Crippen LogP contribution in [0.5, 0.6) is 0 Å². The number of aromatic nitrogens is 1. The Morgan fingerprint density at radius 3 is 3.04 bits per heavy atom. The maximum absolute atomic E-state index is 11.7. The number of hydrogen-bond donors (Lipinski definition) is 2. The van der Waals surface area contributed by atoms with Gasteiger partial charge in [0.25, 0.3) is 0 Å². The van der Waals surface area contributed by atoms with Crippen LogP contribution in [0.3, 0.4) is 0 Å². The molecule has 5 heteroatoms. The summed E-state index contributed by atoms with van der Waals surface area (Å²) in [5, 5.41) is 4.97. The van der Waals surface area contributed by atoms with Gasteiger partial charge in [0.05, 0.1) is 12.7 Å². The van der Waals surface area contributed by atoms with Crippen LogP contribution >= 0.6 is 15.9 Å². The molecule has 4 rings (SSSR count). The number of nitrogens with one attached hydrogen (secondary N) is 2. The zero-order chi connectivity index (χ0) is 18.1. The standard InChI is InChI=1S/C21H21BrN2O2/c1-26-21(25)14-5-2-4-13(10-14)12-23-19-7-3-6-16-17-11-15(22)8-9-18(17)24-20(16)19/h2,4-5,8-11,19,23-24H,3,6-7,12H2,1H3. The molecule has 0 saturated carbocycles. The number of aryl methyl sites for hydroxylation is 1. The average Bonchev–Trinajstić information content (AvgIpc) is 3.04. The summed E-state index contributed by atoms with van der Waals surface area (Å²) in [7, 11) is 1.41. The molecule has 0 fully saturated rings. The Morgan fingerprint density at radius 1 is 1.31 bits per heavy atom. The van der Waals surface area contributed by atoms with E-state index in [1.807, 2.05) is 18.2 Å². The molecule has 1 aliphatic carbocycles. The van der Waals surface area contributed by atoms with E-state index >= 15 is 0 Å². The van der Waals surface area contributed by atoms with Gasteiger partial charge >= 0.3 is 5.97 Å². The summed E-state index contributed by atoms with van der Waals surface area (Å²) in [6, 6.07) is 14.3. The number of halogens is 1. The van der Waals surface area contributed by atoms with Crippen LogP contribution in [-0.2, 0) is 17.7 Å². The molecule has 1 aliphatic rings. The molecule has 0 amide bonds. The molecule has 26 heavy (non-hydrogen) atoms. The Labute approximate surface area is 161 Å². The third-order valence-electron chi connectivity index (χ3n) is 5.07. The van der Waals surface area contributed by atoms with Crippen LogP contribution in [0.4, 0.5) is 0 Å². The second-order valence-corrected chi connectivity index (χ2v) is 7.64. The van der Waals surface area contributed by atoms with Crippen LogP contribution in [0.25, 0.3) is 10.9 Å². The Bertz CT molecular complexity index is 964. The highest BCUT2D eigenvalue weighted by Gasteiger charge is 2.24. The predicted octanol–water partition coefficient (Wildman–Crippen LogP) is 4.88. The maximum atomic E-state index is 11.7. The number of aromatic amines is 1. The van der Waals surface area contributed by atoms with Gasteiger partial charge in [0, 0.05) is 33.7 Å². The lowest BCUT2D eigenvalue weighted by atomic mass is 9.91. The number of H-pyrrole nitrogens is 1. The number of ether oxygens (including phenoxy) is 1. The van der Waals surface area contributed by atoms with Gasteiger partial charge in [0.2, 0.25) is 0 Å². The summed E-state index contributed by atoms with van der Waals surface area (Å²) >= 11 is 3.58. The zero-order valence-corrected chi connectivity index (χ0v) is 16.2. The molecule has 134 valence electrons. The van der Waals surface area contributed by atoms with Crippen molar-refractivity contribution in [3.8, 4) is 0 Å². The first-order valence-corrected chi connectivity index (χ1v) is 9.65. The quantitative estimate of drug-likeness (QED) is 0.600. The first-order valence-electron chi connectivity index (χ1n) is 8.86. The molecule has 2 N–H and O–H groups in total. The monoisotopic (exact) mass is 412 g/mol. The second-order valence-electron chi connectivity index (χ2n) is 6.72. The lowest BCUT2D eigenvalue weighted by molar-refractivity contribution is 0.0600. The number of rotatable bonds is 4. The smallest absolute Gasteiger partial charge is 0.337 e. The molecule has 1 atom stereocenters. The van der Waals surface area contributed by atoms with E-state index in [9.17, 15) is 4.79 Å². The van der Waals surface area contributed by atoms with Crippen LogP contribution < -0.4 is 5.32 Å². The summed E-state index contributed by atoms with van der Waals surface area (Å²) in [5.41, 5.74) is 5.59. The number of hydrogen-bond acceptors (Lipinski definition) is 3. The van der Waals surface area contributed by atoms with Crippen molar-refractivity contribution in [2.75, 3.05) is 7.11 Å². The first-order chi connectivity index (χ1) is 12.7. The molecule has 0 bridgehead atoms. The van der Waals surface area contributed by atoms with Crippen molar-refractivity contribution >= 4 is 32.8 Å². The minimum atomic E-state index is -0.298. The van der Waals surface area contributed by atoms with Crippen LogP contribution in [-0.4, -0.2) is 18.1 Å². The topological polar surface area (TPSA) is 54.1 Å². The molecular formula is C21H21BrN2O2. The Balaban J connectivity index is 1.56. The zero-order valence-electron chi connectivity index (χ0n) is 14.6. The number of esters is 1. The molecule has 0 radical (unpaired) electrons. The van der Waals surface area contributed by atoms with Gasteiger partial charge in [-0.2, -0.15) is 0 Å². The highest BCUT2D eigenvalue weighted by Crippen LogP contribution is 2.35. The molecule has 3 aromatic rings. The normalized spacial score (nSPS) is 16.5. The van der Waals surface area contributed by atoms with Gasteiger partial charge in [-0.25, -0.2) is 4.79 Å². The summed E-state index contributed by atoms with van der Waals surface area (Å²) in [6.07, 6.45) is 3.39. The van der Waals surface area contributed by atoms with Gasteiger partial charge in [-0.3, -0.25) is 0 Å². The fourth-order valence-corrected chi connectivity index (χ4v) is 4.17. The second kappa shape index (κ2) is 7.25. The van der Waals surface area contributed by atoms with Crippen LogP contribution in [0.1, 0.15) is 46.1 Å². The Hall–Kier alpha value is -2.11. The van der Waals surface area contributed by atoms with Crippen LogP contribution in [0.2, 0.25) is 0 Å². The minimum absolute atomic E-state index is 0.298. The molecule has 1 aromatic heterocycles. The SMILES string of the molecule is COC(=O)c1cccc(CNC2CCCc3c2[nH]c2ccc(Br)cc32)c1. The largest absolute Gasteiger partial charge is 0.465 e. The highest BCUT2D eigenvalue weighted by atomic mass is 79.9. The van der Waals surface area contributed by atoms with E-state index in [0.717, 1.165) is 22.9 Å². The number of fused-ring (bicyclic) bond motifs is 3. The third kappa shape index (κ3) is 3.29. The fourth-order valence-electron chi connectivity index (χ4n) is 3.81. The van der Waals surface area contributed by atoms with E-state index < -0.39 is 0 Å². The summed E-state index contributed by atoms with van der Waals surface area (Å²) in [5.74, 6) is -0.298. The van der Waals surface area contributed by atoms with Crippen LogP contribution in [0.15, 0.2) is 46.9 Å². The van der Waals surface area contributed by atoms with Gasteiger partial charge in [-0.1, -0.05) is 28.1 Å².